The van der Waals surface area contributed by atoms with E-state index in [2.05, 4.69) is 34.9 Å². The van der Waals surface area contributed by atoms with E-state index in [1.165, 1.54) is 0 Å². The summed E-state index contributed by atoms with van der Waals surface area (Å²) in [6.45, 7) is 5.44. The molecule has 6 heteroatoms. The lowest BCUT2D eigenvalue weighted by atomic mass is 10.3. The summed E-state index contributed by atoms with van der Waals surface area (Å²) in [6.07, 6.45) is 5.58. The van der Waals surface area contributed by atoms with Crippen molar-refractivity contribution in [3.63, 3.8) is 0 Å². The molecule has 0 fully saturated rings. The van der Waals surface area contributed by atoms with Gasteiger partial charge >= 0.3 is 0 Å². The van der Waals surface area contributed by atoms with E-state index in [1.54, 1.807) is 11.1 Å². The van der Waals surface area contributed by atoms with Crippen LogP contribution in [0.1, 0.15) is 30.4 Å². The monoisotopic (exact) mass is 338 g/mol. The molecule has 0 bridgehead atoms. The van der Waals surface area contributed by atoms with Gasteiger partial charge < -0.3 is 9.47 Å². The Labute approximate surface area is 127 Å². The average molecular weight is 339 g/mol. The van der Waals surface area contributed by atoms with Crippen molar-refractivity contribution in [2.75, 3.05) is 13.6 Å². The van der Waals surface area contributed by atoms with E-state index >= 15 is 0 Å². The van der Waals surface area contributed by atoms with Gasteiger partial charge in [0.25, 0.3) is 5.91 Å². The average Bonchev–Trinajstić information content (AvgIpc) is 3.03. The van der Waals surface area contributed by atoms with Crippen LogP contribution in [0.2, 0.25) is 0 Å². The van der Waals surface area contributed by atoms with Gasteiger partial charge in [-0.25, -0.2) is 0 Å². The molecule has 0 unspecified atom stereocenters. The molecule has 0 radical (unpaired) electrons. The van der Waals surface area contributed by atoms with Crippen molar-refractivity contribution in [1.82, 2.24) is 19.2 Å². The molecule has 0 saturated heterocycles. The van der Waals surface area contributed by atoms with Gasteiger partial charge in [-0.05, 0) is 41.9 Å². The number of likely N-dealkylation sites (N-methyl/N-ethyl adjacent to an activating group) is 1. The van der Waals surface area contributed by atoms with Gasteiger partial charge in [-0.1, -0.05) is 0 Å². The highest BCUT2D eigenvalue weighted by Crippen LogP contribution is 2.20. The van der Waals surface area contributed by atoms with Gasteiger partial charge in [-0.3, -0.25) is 9.48 Å². The van der Waals surface area contributed by atoms with Crippen LogP contribution in [0.15, 0.2) is 35.2 Å². The molecule has 0 aliphatic carbocycles. The summed E-state index contributed by atoms with van der Waals surface area (Å²) in [5.41, 5.74) is 0.704. The SMILES string of the molecule is CC(C)n1cc(Br)cc1C(=O)N(C)CCn1cccn1. The minimum atomic E-state index is 0.0246. The molecule has 0 aliphatic rings. The topological polar surface area (TPSA) is 43.1 Å². The minimum Gasteiger partial charge on any atom is -0.340 e. The highest BCUT2D eigenvalue weighted by molar-refractivity contribution is 9.10. The van der Waals surface area contributed by atoms with Crippen LogP contribution in [0.3, 0.4) is 0 Å². The Morgan fingerprint density at radius 1 is 1.50 bits per heavy atom. The molecule has 2 rings (SSSR count). The summed E-state index contributed by atoms with van der Waals surface area (Å²) < 4.78 is 4.73. The first-order chi connectivity index (χ1) is 9.49. The Bertz CT molecular complexity index is 574. The summed E-state index contributed by atoms with van der Waals surface area (Å²) in [6, 6.07) is 4.00. The van der Waals surface area contributed by atoms with Gasteiger partial charge in [0.2, 0.25) is 0 Å². The van der Waals surface area contributed by atoms with Crippen molar-refractivity contribution in [1.29, 1.82) is 0 Å². The van der Waals surface area contributed by atoms with Crippen molar-refractivity contribution in [3.05, 3.63) is 40.9 Å². The molecular weight excluding hydrogens is 320 g/mol. The molecule has 20 heavy (non-hydrogen) atoms. The Morgan fingerprint density at radius 3 is 2.85 bits per heavy atom. The fourth-order valence-electron chi connectivity index (χ4n) is 2.03. The lowest BCUT2D eigenvalue weighted by Crippen LogP contribution is -2.31. The summed E-state index contributed by atoms with van der Waals surface area (Å²) in [4.78, 5) is 14.2. The molecule has 0 spiro atoms. The number of hydrogen-bond donors (Lipinski definition) is 0. The molecule has 108 valence electrons. The normalized spacial score (nSPS) is 11.1. The molecule has 1 amide bonds. The minimum absolute atomic E-state index is 0.0246. The molecule has 0 N–H and O–H groups in total. The summed E-state index contributed by atoms with van der Waals surface area (Å²) in [7, 11) is 1.82. The van der Waals surface area contributed by atoms with E-state index in [9.17, 15) is 4.79 Å². The zero-order valence-corrected chi connectivity index (χ0v) is 13.5. The number of halogens is 1. The van der Waals surface area contributed by atoms with E-state index in [4.69, 9.17) is 0 Å². The van der Waals surface area contributed by atoms with E-state index in [-0.39, 0.29) is 11.9 Å². The predicted octanol–water partition coefficient (Wildman–Crippen LogP) is 2.80. The third-order valence-electron chi connectivity index (χ3n) is 3.16. The maximum atomic E-state index is 12.5. The molecule has 0 atom stereocenters. The molecule has 0 aromatic carbocycles. The van der Waals surface area contributed by atoms with Gasteiger partial charge in [-0.15, -0.1) is 0 Å². The van der Waals surface area contributed by atoms with Gasteiger partial charge in [0, 0.05) is 42.7 Å². The zero-order chi connectivity index (χ0) is 14.7. The second kappa shape index (κ2) is 6.26. The molecule has 2 aromatic heterocycles. The lowest BCUT2D eigenvalue weighted by molar-refractivity contribution is 0.0776. The molecule has 0 saturated carbocycles. The van der Waals surface area contributed by atoms with Gasteiger partial charge in [0.1, 0.15) is 5.69 Å². The Kier molecular flexibility index (Phi) is 4.65. The van der Waals surface area contributed by atoms with Crippen LogP contribution in [0.4, 0.5) is 0 Å². The number of carbonyl (C=O) groups excluding carboxylic acids is 1. The van der Waals surface area contributed by atoms with E-state index < -0.39 is 0 Å². The quantitative estimate of drug-likeness (QED) is 0.841. The Balaban J connectivity index is 2.06. The second-order valence-electron chi connectivity index (χ2n) is 5.04. The number of carbonyl (C=O) groups is 1. The van der Waals surface area contributed by atoms with Gasteiger partial charge in [0.15, 0.2) is 0 Å². The van der Waals surface area contributed by atoms with Crippen LogP contribution in [-0.2, 0) is 6.54 Å². The van der Waals surface area contributed by atoms with Crippen molar-refractivity contribution < 1.29 is 4.79 Å². The fraction of sp³-hybridized carbons (Fsp3) is 0.429. The van der Waals surface area contributed by atoms with Crippen LogP contribution < -0.4 is 0 Å². The summed E-state index contributed by atoms with van der Waals surface area (Å²) in [5.74, 6) is 0.0246. The lowest BCUT2D eigenvalue weighted by Gasteiger charge is -2.19. The zero-order valence-electron chi connectivity index (χ0n) is 12.0. The van der Waals surface area contributed by atoms with Gasteiger partial charge in [0.05, 0.1) is 6.54 Å². The van der Waals surface area contributed by atoms with Crippen LogP contribution in [0.25, 0.3) is 0 Å². The Morgan fingerprint density at radius 2 is 2.25 bits per heavy atom. The summed E-state index contributed by atoms with van der Waals surface area (Å²) >= 11 is 3.43. The smallest absolute Gasteiger partial charge is 0.270 e. The predicted molar refractivity (Wildman–Crippen MR) is 81.7 cm³/mol. The first kappa shape index (κ1) is 14.8. The molecule has 5 nitrogen and oxygen atoms in total. The maximum absolute atomic E-state index is 12.5. The number of nitrogens with zero attached hydrogens (tertiary/aromatic N) is 4. The molecule has 0 aliphatic heterocycles. The first-order valence-corrected chi connectivity index (χ1v) is 7.38. The molecule has 2 aromatic rings. The van der Waals surface area contributed by atoms with Crippen molar-refractivity contribution in [2.24, 2.45) is 0 Å². The highest BCUT2D eigenvalue weighted by atomic mass is 79.9. The largest absolute Gasteiger partial charge is 0.340 e. The van der Waals surface area contributed by atoms with Crippen LogP contribution in [-0.4, -0.2) is 38.7 Å². The fourth-order valence-corrected chi connectivity index (χ4v) is 2.46. The first-order valence-electron chi connectivity index (χ1n) is 6.59. The highest BCUT2D eigenvalue weighted by Gasteiger charge is 2.18. The maximum Gasteiger partial charge on any atom is 0.270 e. The van der Waals surface area contributed by atoms with Crippen LogP contribution in [0.5, 0.6) is 0 Å². The molecular formula is C14H19BrN4O. The third-order valence-corrected chi connectivity index (χ3v) is 3.59. The second-order valence-corrected chi connectivity index (χ2v) is 5.96. The van der Waals surface area contributed by atoms with E-state index in [0.29, 0.717) is 18.8 Å². The number of rotatable bonds is 5. The number of aromatic nitrogens is 3. The standard InChI is InChI=1S/C14H19BrN4O/c1-11(2)19-10-12(15)9-13(19)14(20)17(3)7-8-18-6-4-5-16-18/h4-6,9-11H,7-8H2,1-3H3. The van der Waals surface area contributed by atoms with Crippen LogP contribution in [0, 0.1) is 0 Å². The van der Waals surface area contributed by atoms with Crippen LogP contribution >= 0.6 is 15.9 Å². The third kappa shape index (κ3) is 3.30. The number of amides is 1. The Hall–Kier alpha value is -1.56. The van der Waals surface area contributed by atoms with Crippen molar-refractivity contribution in [3.8, 4) is 0 Å². The number of hydrogen-bond acceptors (Lipinski definition) is 2. The van der Waals surface area contributed by atoms with Crippen molar-refractivity contribution >= 4 is 21.8 Å². The van der Waals surface area contributed by atoms with E-state index in [0.717, 1.165) is 4.47 Å². The van der Waals surface area contributed by atoms with Gasteiger partial charge in [-0.2, -0.15) is 5.10 Å². The van der Waals surface area contributed by atoms with E-state index in [1.807, 2.05) is 40.8 Å². The van der Waals surface area contributed by atoms with Crippen molar-refractivity contribution in [2.45, 2.75) is 26.4 Å². The molecule has 2 heterocycles. The summed E-state index contributed by atoms with van der Waals surface area (Å²) in [5, 5.41) is 4.14.